The molecule has 0 heterocycles. The Morgan fingerprint density at radius 3 is 2.89 bits per heavy atom. The van der Waals surface area contributed by atoms with Gasteiger partial charge in [-0.1, -0.05) is 11.6 Å². The third-order valence-electron chi connectivity index (χ3n) is 2.71. The van der Waals surface area contributed by atoms with Gasteiger partial charge in [-0.25, -0.2) is 0 Å². The predicted molar refractivity (Wildman–Crippen MR) is 75.3 cm³/mol. The number of carbonyl (C=O) groups excluding carboxylic acids is 1. The number of amides is 1. The molecule has 4 N–H and O–H groups in total. The van der Waals surface area contributed by atoms with Gasteiger partial charge in [-0.05, 0) is 25.1 Å². The number of ether oxygens (including phenoxy) is 1. The molecule has 19 heavy (non-hydrogen) atoms. The highest BCUT2D eigenvalue weighted by atomic mass is 35.5. The van der Waals surface area contributed by atoms with Crippen molar-refractivity contribution in [3.05, 3.63) is 28.8 Å². The Bertz CT molecular complexity index is 450. The molecule has 0 fully saturated rings. The average molecular weight is 287 g/mol. The van der Waals surface area contributed by atoms with Gasteiger partial charge in [-0.15, -0.1) is 0 Å². The lowest BCUT2D eigenvalue weighted by molar-refractivity contribution is 0.0243. The number of halogens is 1. The van der Waals surface area contributed by atoms with Crippen LogP contribution in [0.1, 0.15) is 23.7 Å². The molecule has 1 atom stereocenters. The molecule has 1 unspecified atom stereocenters. The van der Waals surface area contributed by atoms with E-state index < -0.39 is 5.60 Å². The van der Waals surface area contributed by atoms with Crippen molar-refractivity contribution in [1.82, 2.24) is 5.32 Å². The van der Waals surface area contributed by atoms with Crippen molar-refractivity contribution in [3.63, 3.8) is 0 Å². The van der Waals surface area contributed by atoms with E-state index in [1.165, 1.54) is 6.07 Å². The van der Waals surface area contributed by atoms with Gasteiger partial charge in [0.2, 0.25) is 0 Å². The van der Waals surface area contributed by atoms with Crippen LogP contribution in [0.2, 0.25) is 5.02 Å². The van der Waals surface area contributed by atoms with Crippen LogP contribution in [0.3, 0.4) is 0 Å². The third-order valence-corrected chi connectivity index (χ3v) is 3.04. The zero-order valence-electron chi connectivity index (χ0n) is 11.1. The molecule has 0 aromatic heterocycles. The number of hydrogen-bond acceptors (Lipinski definition) is 4. The van der Waals surface area contributed by atoms with Crippen LogP contribution in [0.4, 0.5) is 5.69 Å². The molecule has 1 aromatic carbocycles. The molecule has 1 aromatic rings. The number of nitrogens with two attached hydrogens (primary N) is 1. The van der Waals surface area contributed by atoms with Gasteiger partial charge in [0, 0.05) is 32.4 Å². The van der Waals surface area contributed by atoms with Crippen molar-refractivity contribution in [2.45, 2.75) is 18.9 Å². The highest BCUT2D eigenvalue weighted by molar-refractivity contribution is 6.34. The second-order valence-electron chi connectivity index (χ2n) is 4.66. The second kappa shape index (κ2) is 6.75. The van der Waals surface area contributed by atoms with Gasteiger partial charge in [0.25, 0.3) is 5.91 Å². The SMILES string of the molecule is COCCC(C)(O)CNC(=O)c1cc(N)ccc1Cl. The van der Waals surface area contributed by atoms with E-state index in [2.05, 4.69) is 5.32 Å². The molecule has 0 aliphatic rings. The van der Waals surface area contributed by atoms with Crippen LogP contribution in [0.25, 0.3) is 0 Å². The fraction of sp³-hybridized carbons (Fsp3) is 0.462. The van der Waals surface area contributed by atoms with Crippen molar-refractivity contribution in [2.24, 2.45) is 0 Å². The number of hydrogen-bond donors (Lipinski definition) is 3. The molecule has 106 valence electrons. The Morgan fingerprint density at radius 2 is 2.26 bits per heavy atom. The molecule has 0 aliphatic carbocycles. The molecule has 0 saturated carbocycles. The summed E-state index contributed by atoms with van der Waals surface area (Å²) in [5.41, 5.74) is 5.33. The van der Waals surface area contributed by atoms with Crippen LogP contribution >= 0.6 is 11.6 Å². The predicted octanol–water partition coefficient (Wildman–Crippen LogP) is 1.44. The Labute approximate surface area is 117 Å². The minimum Gasteiger partial charge on any atom is -0.399 e. The Hall–Kier alpha value is -1.30. The first-order valence-electron chi connectivity index (χ1n) is 5.90. The summed E-state index contributed by atoms with van der Waals surface area (Å²) in [5, 5.41) is 13.0. The monoisotopic (exact) mass is 286 g/mol. The summed E-state index contributed by atoms with van der Waals surface area (Å²) < 4.78 is 4.89. The zero-order valence-corrected chi connectivity index (χ0v) is 11.8. The summed E-state index contributed by atoms with van der Waals surface area (Å²) in [6, 6.07) is 4.68. The standard InChI is InChI=1S/C13H19ClN2O3/c1-13(18,5-6-19-2)8-16-12(17)10-7-9(15)3-4-11(10)14/h3-4,7,18H,5-6,8,15H2,1-2H3,(H,16,17). The van der Waals surface area contributed by atoms with Crippen molar-refractivity contribution in [1.29, 1.82) is 0 Å². The molecule has 0 spiro atoms. The van der Waals surface area contributed by atoms with Crippen molar-refractivity contribution in [3.8, 4) is 0 Å². The highest BCUT2D eigenvalue weighted by Gasteiger charge is 2.21. The van der Waals surface area contributed by atoms with Gasteiger partial charge in [0.15, 0.2) is 0 Å². The molecule has 6 heteroatoms. The third kappa shape index (κ3) is 5.06. The van der Waals surface area contributed by atoms with E-state index in [1.807, 2.05) is 0 Å². The molecular formula is C13H19ClN2O3. The summed E-state index contributed by atoms with van der Waals surface area (Å²) in [5.74, 6) is -0.366. The van der Waals surface area contributed by atoms with E-state index in [0.717, 1.165) is 0 Å². The van der Waals surface area contributed by atoms with Gasteiger partial charge in [-0.3, -0.25) is 4.79 Å². The molecule has 0 radical (unpaired) electrons. The molecule has 0 aliphatic heterocycles. The lowest BCUT2D eigenvalue weighted by atomic mass is 10.0. The number of aliphatic hydroxyl groups is 1. The van der Waals surface area contributed by atoms with Crippen molar-refractivity contribution in [2.75, 3.05) is 26.0 Å². The fourth-order valence-electron chi connectivity index (χ4n) is 1.49. The van der Waals surface area contributed by atoms with Gasteiger partial charge >= 0.3 is 0 Å². The van der Waals surface area contributed by atoms with E-state index >= 15 is 0 Å². The number of carbonyl (C=O) groups is 1. The van der Waals surface area contributed by atoms with Crippen LogP contribution < -0.4 is 11.1 Å². The normalized spacial score (nSPS) is 13.9. The first kappa shape index (κ1) is 15.8. The Kier molecular flexibility index (Phi) is 5.60. The maximum atomic E-state index is 11.9. The van der Waals surface area contributed by atoms with E-state index in [9.17, 15) is 9.90 Å². The molecule has 0 saturated heterocycles. The van der Waals surface area contributed by atoms with Crippen LogP contribution in [-0.4, -0.2) is 36.9 Å². The van der Waals surface area contributed by atoms with E-state index in [0.29, 0.717) is 29.3 Å². The second-order valence-corrected chi connectivity index (χ2v) is 5.07. The summed E-state index contributed by atoms with van der Waals surface area (Å²) in [6.07, 6.45) is 0.425. The molecule has 1 rings (SSSR count). The van der Waals surface area contributed by atoms with Crippen LogP contribution in [0, 0.1) is 0 Å². The van der Waals surface area contributed by atoms with Crippen LogP contribution in [0.15, 0.2) is 18.2 Å². The smallest absolute Gasteiger partial charge is 0.252 e. The Balaban J connectivity index is 2.62. The maximum absolute atomic E-state index is 11.9. The quantitative estimate of drug-likeness (QED) is 0.691. The first-order chi connectivity index (χ1) is 8.85. The van der Waals surface area contributed by atoms with Gasteiger partial charge in [-0.2, -0.15) is 0 Å². The lowest BCUT2D eigenvalue weighted by Gasteiger charge is -2.23. The molecular weight excluding hydrogens is 268 g/mol. The molecule has 1 amide bonds. The van der Waals surface area contributed by atoms with Crippen molar-refractivity contribution >= 4 is 23.2 Å². The highest BCUT2D eigenvalue weighted by Crippen LogP contribution is 2.19. The fourth-order valence-corrected chi connectivity index (χ4v) is 1.70. The van der Waals surface area contributed by atoms with Gasteiger partial charge in [0.05, 0.1) is 16.2 Å². The zero-order chi connectivity index (χ0) is 14.5. The average Bonchev–Trinajstić information content (AvgIpc) is 2.36. The van der Waals surface area contributed by atoms with Gasteiger partial charge in [0.1, 0.15) is 0 Å². The maximum Gasteiger partial charge on any atom is 0.252 e. The number of rotatable bonds is 6. The number of anilines is 1. The summed E-state index contributed by atoms with van der Waals surface area (Å²) >= 11 is 5.93. The van der Waals surface area contributed by atoms with E-state index in [1.54, 1.807) is 26.2 Å². The minimum atomic E-state index is -1.03. The molecule has 0 bridgehead atoms. The number of nitrogens with one attached hydrogen (secondary N) is 1. The number of methoxy groups -OCH3 is 1. The van der Waals surface area contributed by atoms with Crippen LogP contribution in [0.5, 0.6) is 0 Å². The van der Waals surface area contributed by atoms with Crippen LogP contribution in [-0.2, 0) is 4.74 Å². The minimum absolute atomic E-state index is 0.111. The lowest BCUT2D eigenvalue weighted by Crippen LogP contribution is -2.41. The first-order valence-corrected chi connectivity index (χ1v) is 6.28. The Morgan fingerprint density at radius 1 is 1.58 bits per heavy atom. The van der Waals surface area contributed by atoms with E-state index in [4.69, 9.17) is 22.1 Å². The van der Waals surface area contributed by atoms with Gasteiger partial charge < -0.3 is 20.9 Å². The van der Waals surface area contributed by atoms with Crippen molar-refractivity contribution < 1.29 is 14.6 Å². The summed E-state index contributed by atoms with van der Waals surface area (Å²) in [4.78, 5) is 11.9. The number of benzene rings is 1. The topological polar surface area (TPSA) is 84.6 Å². The largest absolute Gasteiger partial charge is 0.399 e. The summed E-state index contributed by atoms with van der Waals surface area (Å²) in [6.45, 7) is 2.16. The number of nitrogen functional groups attached to an aromatic ring is 1. The summed E-state index contributed by atoms with van der Waals surface area (Å²) in [7, 11) is 1.56. The molecule has 5 nitrogen and oxygen atoms in total. The van der Waals surface area contributed by atoms with E-state index in [-0.39, 0.29) is 12.5 Å².